The summed E-state index contributed by atoms with van der Waals surface area (Å²) in [7, 11) is 1.84. The molecule has 0 aliphatic carbocycles. The van der Waals surface area contributed by atoms with E-state index in [1.54, 1.807) is 16.0 Å². The topological polar surface area (TPSA) is 105 Å². The highest BCUT2D eigenvalue weighted by molar-refractivity contribution is 7.13. The molecule has 5 rings (SSSR count). The Balaban J connectivity index is 1.49. The number of pyridine rings is 1. The molecule has 0 aromatic carbocycles. The van der Waals surface area contributed by atoms with Crippen molar-refractivity contribution in [2.75, 3.05) is 23.3 Å². The minimum Gasteiger partial charge on any atom is -0.340 e. The molecule has 5 heterocycles. The number of thiophene rings is 1. The molecule has 0 saturated carbocycles. The fourth-order valence-electron chi connectivity index (χ4n) is 3.89. The van der Waals surface area contributed by atoms with Gasteiger partial charge in [0.25, 0.3) is 5.91 Å². The lowest BCUT2D eigenvalue weighted by Crippen LogP contribution is -2.30. The maximum atomic E-state index is 13.2. The van der Waals surface area contributed by atoms with Crippen molar-refractivity contribution in [2.45, 2.75) is 26.2 Å². The van der Waals surface area contributed by atoms with E-state index >= 15 is 0 Å². The Hall–Kier alpha value is -3.27. The van der Waals surface area contributed by atoms with Gasteiger partial charge in [-0.2, -0.15) is 10.1 Å². The number of hydrogen-bond donors (Lipinski definition) is 2. The standard InChI is InChI=1S/C20H22N8OS/c1-12-16-13(11-14(15-7-6-10-30-15)21-17(16)27(2)26-12)18(29)22-19-23-20(25-24-19)28-8-4-3-5-9-28/h6-7,10-11H,3-5,8-9H2,1-2H3,(H2,22,23,24,25,29). The second-order valence-electron chi connectivity index (χ2n) is 7.43. The van der Waals surface area contributed by atoms with Gasteiger partial charge in [0.15, 0.2) is 5.65 Å². The molecule has 154 valence electrons. The first kappa shape index (κ1) is 18.7. The Morgan fingerprint density at radius 2 is 2.07 bits per heavy atom. The van der Waals surface area contributed by atoms with E-state index in [0.29, 0.717) is 23.1 Å². The molecular weight excluding hydrogens is 400 g/mol. The number of fused-ring (bicyclic) bond motifs is 1. The number of rotatable bonds is 4. The Morgan fingerprint density at radius 3 is 2.83 bits per heavy atom. The first-order valence-electron chi connectivity index (χ1n) is 9.97. The van der Waals surface area contributed by atoms with Gasteiger partial charge in [0, 0.05) is 20.1 Å². The van der Waals surface area contributed by atoms with Gasteiger partial charge in [-0.3, -0.25) is 14.8 Å². The van der Waals surface area contributed by atoms with Gasteiger partial charge in [0.2, 0.25) is 11.9 Å². The van der Waals surface area contributed by atoms with Crippen LogP contribution in [0.5, 0.6) is 0 Å². The van der Waals surface area contributed by atoms with E-state index in [4.69, 9.17) is 4.98 Å². The van der Waals surface area contributed by atoms with Crippen molar-refractivity contribution < 1.29 is 4.79 Å². The van der Waals surface area contributed by atoms with Crippen molar-refractivity contribution in [3.8, 4) is 10.6 Å². The molecule has 9 nitrogen and oxygen atoms in total. The number of aryl methyl sites for hydroxylation is 2. The fraction of sp³-hybridized carbons (Fsp3) is 0.350. The van der Waals surface area contributed by atoms with E-state index in [1.807, 2.05) is 37.6 Å². The van der Waals surface area contributed by atoms with Crippen LogP contribution in [0.2, 0.25) is 0 Å². The van der Waals surface area contributed by atoms with Crippen molar-refractivity contribution >= 4 is 40.2 Å². The van der Waals surface area contributed by atoms with Gasteiger partial charge >= 0.3 is 0 Å². The minimum atomic E-state index is -0.266. The van der Waals surface area contributed by atoms with E-state index in [-0.39, 0.29) is 5.91 Å². The fourth-order valence-corrected chi connectivity index (χ4v) is 4.58. The number of aromatic amines is 1. The number of anilines is 2. The van der Waals surface area contributed by atoms with Crippen LogP contribution in [0.15, 0.2) is 23.6 Å². The lowest BCUT2D eigenvalue weighted by atomic mass is 10.1. The summed E-state index contributed by atoms with van der Waals surface area (Å²) in [5.41, 5.74) is 2.70. The second kappa shape index (κ2) is 7.52. The molecule has 10 heteroatoms. The van der Waals surface area contributed by atoms with Gasteiger partial charge in [0.1, 0.15) is 0 Å². The molecule has 0 spiro atoms. The van der Waals surface area contributed by atoms with Gasteiger partial charge in [-0.1, -0.05) is 6.07 Å². The van der Waals surface area contributed by atoms with Crippen molar-refractivity contribution in [1.29, 1.82) is 0 Å². The smallest absolute Gasteiger partial charge is 0.258 e. The van der Waals surface area contributed by atoms with Gasteiger partial charge < -0.3 is 4.90 Å². The average molecular weight is 423 g/mol. The molecule has 0 unspecified atom stereocenters. The summed E-state index contributed by atoms with van der Waals surface area (Å²) in [6, 6.07) is 5.78. The van der Waals surface area contributed by atoms with Crippen LogP contribution in [0.4, 0.5) is 11.9 Å². The SMILES string of the molecule is Cc1nn(C)c2nc(-c3cccs3)cc(C(=O)Nc3nc(N4CCCCC4)n[nH]3)c12. The minimum absolute atomic E-state index is 0.266. The summed E-state index contributed by atoms with van der Waals surface area (Å²) in [5.74, 6) is 0.698. The number of nitrogens with zero attached hydrogens (tertiary/aromatic N) is 6. The lowest BCUT2D eigenvalue weighted by Gasteiger charge is -2.24. The zero-order chi connectivity index (χ0) is 20.7. The predicted molar refractivity (Wildman–Crippen MR) is 117 cm³/mol. The predicted octanol–water partition coefficient (Wildman–Crippen LogP) is 3.37. The molecule has 4 aromatic rings. The van der Waals surface area contributed by atoms with E-state index < -0.39 is 0 Å². The summed E-state index contributed by atoms with van der Waals surface area (Å²) in [4.78, 5) is 25.6. The van der Waals surface area contributed by atoms with Crippen LogP contribution >= 0.6 is 11.3 Å². The van der Waals surface area contributed by atoms with Gasteiger partial charge in [0.05, 0.1) is 27.2 Å². The van der Waals surface area contributed by atoms with Gasteiger partial charge in [-0.15, -0.1) is 16.4 Å². The first-order chi connectivity index (χ1) is 14.6. The van der Waals surface area contributed by atoms with Gasteiger partial charge in [-0.05, 0) is 43.7 Å². The molecule has 30 heavy (non-hydrogen) atoms. The molecule has 0 radical (unpaired) electrons. The van der Waals surface area contributed by atoms with E-state index in [1.165, 1.54) is 6.42 Å². The number of nitrogens with one attached hydrogen (secondary N) is 2. The Labute approximate surface area is 177 Å². The third-order valence-corrected chi connectivity index (χ3v) is 6.22. The molecule has 4 aromatic heterocycles. The summed E-state index contributed by atoms with van der Waals surface area (Å²) < 4.78 is 1.71. The molecule has 0 bridgehead atoms. The summed E-state index contributed by atoms with van der Waals surface area (Å²) in [5, 5.41) is 17.2. The summed E-state index contributed by atoms with van der Waals surface area (Å²) >= 11 is 1.58. The number of piperidine rings is 1. The summed E-state index contributed by atoms with van der Waals surface area (Å²) in [6.07, 6.45) is 3.51. The molecule has 1 saturated heterocycles. The lowest BCUT2D eigenvalue weighted by molar-refractivity contribution is 0.102. The molecule has 2 N–H and O–H groups in total. The monoisotopic (exact) mass is 422 g/mol. The molecule has 1 aliphatic heterocycles. The highest BCUT2D eigenvalue weighted by Crippen LogP contribution is 2.29. The summed E-state index contributed by atoms with van der Waals surface area (Å²) in [6.45, 7) is 3.76. The molecule has 1 aliphatic rings. The average Bonchev–Trinajstić information content (AvgIpc) is 3.50. The maximum Gasteiger partial charge on any atom is 0.258 e. The third-order valence-electron chi connectivity index (χ3n) is 5.33. The quantitative estimate of drug-likeness (QED) is 0.522. The third kappa shape index (κ3) is 3.32. The molecule has 1 amide bonds. The number of aromatic nitrogens is 6. The Kier molecular flexibility index (Phi) is 4.70. The Bertz CT molecular complexity index is 1200. The Morgan fingerprint density at radius 1 is 1.23 bits per heavy atom. The van der Waals surface area contributed by atoms with Crippen LogP contribution in [0.1, 0.15) is 35.3 Å². The number of hydrogen-bond acceptors (Lipinski definition) is 7. The van der Waals surface area contributed by atoms with Crippen LogP contribution in [-0.4, -0.2) is 48.9 Å². The van der Waals surface area contributed by atoms with Gasteiger partial charge in [-0.25, -0.2) is 10.1 Å². The second-order valence-corrected chi connectivity index (χ2v) is 8.37. The zero-order valence-corrected chi connectivity index (χ0v) is 17.7. The largest absolute Gasteiger partial charge is 0.340 e. The molecule has 1 fully saturated rings. The normalized spacial score (nSPS) is 14.4. The van der Waals surface area contributed by atoms with Crippen molar-refractivity contribution in [1.82, 2.24) is 29.9 Å². The van der Waals surface area contributed by atoms with E-state index in [0.717, 1.165) is 47.6 Å². The first-order valence-corrected chi connectivity index (χ1v) is 10.8. The number of carbonyl (C=O) groups excluding carboxylic acids is 1. The van der Waals surface area contributed by atoms with Crippen LogP contribution in [-0.2, 0) is 7.05 Å². The maximum absolute atomic E-state index is 13.2. The highest BCUT2D eigenvalue weighted by Gasteiger charge is 2.21. The van der Waals surface area contributed by atoms with E-state index in [2.05, 4.69) is 30.5 Å². The van der Waals surface area contributed by atoms with E-state index in [9.17, 15) is 4.79 Å². The zero-order valence-electron chi connectivity index (χ0n) is 16.8. The number of carbonyl (C=O) groups is 1. The van der Waals surface area contributed by atoms with Crippen LogP contribution in [0.3, 0.4) is 0 Å². The van der Waals surface area contributed by atoms with Crippen molar-refractivity contribution in [2.24, 2.45) is 7.05 Å². The van der Waals surface area contributed by atoms with Crippen LogP contribution in [0, 0.1) is 6.92 Å². The number of amides is 1. The van der Waals surface area contributed by atoms with Crippen LogP contribution < -0.4 is 10.2 Å². The van der Waals surface area contributed by atoms with Crippen molar-refractivity contribution in [3.63, 3.8) is 0 Å². The van der Waals surface area contributed by atoms with Crippen LogP contribution in [0.25, 0.3) is 21.6 Å². The molecular formula is C20H22N8OS. The number of H-pyrrole nitrogens is 1. The molecule has 0 atom stereocenters. The highest BCUT2D eigenvalue weighted by atomic mass is 32.1. The van der Waals surface area contributed by atoms with Crippen molar-refractivity contribution in [3.05, 3.63) is 34.8 Å².